The Balaban J connectivity index is 1.60. The Morgan fingerprint density at radius 3 is 2.81 bits per heavy atom. The second-order valence-corrected chi connectivity index (χ2v) is 9.54. The van der Waals surface area contributed by atoms with Crippen LogP contribution in [0.4, 0.5) is 4.39 Å². The van der Waals surface area contributed by atoms with Gasteiger partial charge in [-0.05, 0) is 24.6 Å². The van der Waals surface area contributed by atoms with E-state index in [9.17, 15) is 9.18 Å². The number of rotatable bonds is 7. The second kappa shape index (κ2) is 10.5. The summed E-state index contributed by atoms with van der Waals surface area (Å²) in [7, 11) is 0. The van der Waals surface area contributed by atoms with E-state index < -0.39 is 17.8 Å². The fourth-order valence-corrected chi connectivity index (χ4v) is 5.00. The summed E-state index contributed by atoms with van der Waals surface area (Å²) in [6.07, 6.45) is 3.49. The number of aromatic nitrogens is 4. The van der Waals surface area contributed by atoms with Gasteiger partial charge < -0.3 is 10.1 Å². The van der Waals surface area contributed by atoms with Crippen LogP contribution >= 0.6 is 27.3 Å². The van der Waals surface area contributed by atoms with E-state index in [1.54, 1.807) is 23.9 Å². The van der Waals surface area contributed by atoms with Gasteiger partial charge in [0.1, 0.15) is 17.6 Å². The van der Waals surface area contributed by atoms with Crippen LogP contribution in [0.5, 0.6) is 0 Å². The first kappa shape index (κ1) is 24.0. The fourth-order valence-electron chi connectivity index (χ4n) is 3.85. The van der Waals surface area contributed by atoms with Crippen molar-refractivity contribution in [2.24, 2.45) is 4.99 Å². The molecular formula is C25H20BrFN6O2S. The van der Waals surface area contributed by atoms with Gasteiger partial charge in [0.05, 0.1) is 30.6 Å². The van der Waals surface area contributed by atoms with Crippen molar-refractivity contribution >= 4 is 39.1 Å². The first-order valence-corrected chi connectivity index (χ1v) is 12.8. The molecule has 1 N–H and O–H groups in total. The van der Waals surface area contributed by atoms with Crippen LogP contribution in [0.15, 0.2) is 87.0 Å². The molecule has 0 saturated heterocycles. The van der Waals surface area contributed by atoms with Crippen molar-refractivity contribution in [1.29, 1.82) is 0 Å². The van der Waals surface area contributed by atoms with Crippen LogP contribution in [-0.4, -0.2) is 38.4 Å². The zero-order chi connectivity index (χ0) is 25.1. The van der Waals surface area contributed by atoms with Crippen molar-refractivity contribution in [3.8, 4) is 11.3 Å². The van der Waals surface area contributed by atoms with Gasteiger partial charge in [0.2, 0.25) is 0 Å². The molecule has 11 heteroatoms. The number of allylic oxidation sites excluding steroid dienone is 1. The maximum absolute atomic E-state index is 13.9. The zero-order valence-corrected chi connectivity index (χ0v) is 21.5. The number of nitrogens with one attached hydrogen (secondary N) is 1. The summed E-state index contributed by atoms with van der Waals surface area (Å²) in [4.78, 5) is 22.4. The number of carbonyl (C=O) groups is 1. The molecule has 0 aliphatic carbocycles. The number of thiazole rings is 1. The molecule has 2 aromatic heterocycles. The average Bonchev–Trinajstić information content (AvgIpc) is 3.57. The van der Waals surface area contributed by atoms with E-state index in [1.807, 2.05) is 41.9 Å². The normalized spacial score (nSPS) is 15.4. The predicted octanol–water partition coefficient (Wildman–Crippen LogP) is 4.91. The van der Waals surface area contributed by atoms with Gasteiger partial charge in [-0.1, -0.05) is 57.5 Å². The maximum Gasteiger partial charge on any atom is 0.338 e. The van der Waals surface area contributed by atoms with Crippen LogP contribution in [0.25, 0.3) is 11.3 Å². The second-order valence-electron chi connectivity index (χ2n) is 7.79. The number of carbonyl (C=O) groups excluding carboxylic acids is 1. The number of hydrogen-bond acceptors (Lipinski definition) is 8. The van der Waals surface area contributed by atoms with Crippen LogP contribution < -0.4 is 5.32 Å². The van der Waals surface area contributed by atoms with Gasteiger partial charge >= 0.3 is 5.97 Å². The lowest BCUT2D eigenvalue weighted by atomic mass is 9.95. The highest BCUT2D eigenvalue weighted by molar-refractivity contribution is 9.10. The van der Waals surface area contributed by atoms with E-state index in [0.717, 1.165) is 5.56 Å². The zero-order valence-electron chi connectivity index (χ0n) is 19.1. The summed E-state index contributed by atoms with van der Waals surface area (Å²) in [5.74, 6) is -0.425. The number of benzene rings is 2. The van der Waals surface area contributed by atoms with Crippen molar-refractivity contribution in [2.75, 3.05) is 6.61 Å². The number of esters is 1. The van der Waals surface area contributed by atoms with Gasteiger partial charge in [0, 0.05) is 21.6 Å². The predicted molar refractivity (Wildman–Crippen MR) is 138 cm³/mol. The quantitative estimate of drug-likeness (QED) is 0.319. The molecule has 0 saturated carbocycles. The lowest BCUT2D eigenvalue weighted by Crippen LogP contribution is -2.35. The van der Waals surface area contributed by atoms with E-state index in [-0.39, 0.29) is 13.2 Å². The lowest BCUT2D eigenvalue weighted by Gasteiger charge is -2.27. The van der Waals surface area contributed by atoms with Crippen LogP contribution in [0.3, 0.4) is 0 Å². The molecule has 36 heavy (non-hydrogen) atoms. The Hall–Kier alpha value is -3.70. The number of aliphatic imine (C=N–C) groups is 1. The van der Waals surface area contributed by atoms with Crippen LogP contribution in [-0.2, 0) is 16.1 Å². The maximum atomic E-state index is 13.9. The van der Waals surface area contributed by atoms with Crippen LogP contribution in [0.1, 0.15) is 23.5 Å². The smallest absolute Gasteiger partial charge is 0.338 e. The van der Waals surface area contributed by atoms with E-state index in [4.69, 9.17) is 9.73 Å². The third-order valence-corrected chi connectivity index (χ3v) is 6.91. The molecule has 0 fully saturated rings. The summed E-state index contributed by atoms with van der Waals surface area (Å²) in [5, 5.41) is 14.3. The Kier molecular flexibility index (Phi) is 7.01. The molecular weight excluding hydrogens is 547 g/mol. The van der Waals surface area contributed by atoms with Gasteiger partial charge in [-0.3, -0.25) is 4.99 Å². The number of ether oxygens (including phenoxy) is 1. The SMILES string of the molecule is CCOC(=O)C1=C(Cn2cc(-c3ccccc3)nn2)NC(c2nccs2)=NC1c1ccc(F)cc1Br. The standard InChI is InChI=1S/C25H20BrFN6O2S/c1-2-35-25(34)21-20(14-33-13-19(31-32-33)15-6-4-3-5-7-15)29-23(24-28-10-11-36-24)30-22(21)17-9-8-16(27)12-18(17)26/h3-13,22H,2,14H2,1H3,(H,29,30). The Bertz CT molecular complexity index is 1450. The topological polar surface area (TPSA) is 94.3 Å². The first-order valence-electron chi connectivity index (χ1n) is 11.1. The summed E-state index contributed by atoms with van der Waals surface area (Å²) in [5.41, 5.74) is 3.10. The molecule has 2 aromatic carbocycles. The van der Waals surface area contributed by atoms with Crippen molar-refractivity contribution in [1.82, 2.24) is 25.3 Å². The van der Waals surface area contributed by atoms with Gasteiger partial charge in [-0.15, -0.1) is 16.4 Å². The minimum Gasteiger partial charge on any atom is -0.463 e. The molecule has 1 aliphatic rings. The third-order valence-electron chi connectivity index (χ3n) is 5.44. The van der Waals surface area contributed by atoms with Gasteiger partial charge in [-0.25, -0.2) is 18.9 Å². The molecule has 3 heterocycles. The Morgan fingerprint density at radius 1 is 1.25 bits per heavy atom. The number of nitrogens with zero attached hydrogens (tertiary/aromatic N) is 5. The minimum absolute atomic E-state index is 0.192. The van der Waals surface area contributed by atoms with E-state index in [0.29, 0.717) is 37.8 Å². The van der Waals surface area contributed by atoms with Crippen molar-refractivity contribution < 1.29 is 13.9 Å². The van der Waals surface area contributed by atoms with Crippen LogP contribution in [0.2, 0.25) is 0 Å². The molecule has 1 unspecified atom stereocenters. The number of halogens is 2. The van der Waals surface area contributed by atoms with E-state index in [1.165, 1.54) is 23.5 Å². The van der Waals surface area contributed by atoms with Gasteiger partial charge in [-0.2, -0.15) is 0 Å². The molecule has 4 aromatic rings. The van der Waals surface area contributed by atoms with Crippen molar-refractivity contribution in [2.45, 2.75) is 19.5 Å². The van der Waals surface area contributed by atoms with Crippen LogP contribution in [0, 0.1) is 5.82 Å². The molecule has 0 spiro atoms. The van der Waals surface area contributed by atoms with E-state index in [2.05, 4.69) is 36.5 Å². The summed E-state index contributed by atoms with van der Waals surface area (Å²) in [6.45, 7) is 2.14. The molecule has 1 aliphatic heterocycles. The number of hydrogen-bond donors (Lipinski definition) is 1. The molecule has 5 rings (SSSR count). The van der Waals surface area contributed by atoms with Crippen molar-refractivity contribution in [3.63, 3.8) is 0 Å². The third kappa shape index (κ3) is 4.98. The van der Waals surface area contributed by atoms with Crippen molar-refractivity contribution in [3.05, 3.63) is 98.4 Å². The highest BCUT2D eigenvalue weighted by atomic mass is 79.9. The largest absolute Gasteiger partial charge is 0.463 e. The van der Waals surface area contributed by atoms with E-state index >= 15 is 0 Å². The summed E-state index contributed by atoms with van der Waals surface area (Å²) < 4.78 is 21.4. The monoisotopic (exact) mass is 566 g/mol. The molecule has 0 bridgehead atoms. The molecule has 0 amide bonds. The van der Waals surface area contributed by atoms with Gasteiger partial charge in [0.25, 0.3) is 0 Å². The molecule has 182 valence electrons. The first-order chi connectivity index (χ1) is 17.5. The highest BCUT2D eigenvalue weighted by Gasteiger charge is 2.34. The van der Waals surface area contributed by atoms with Gasteiger partial charge in [0.15, 0.2) is 10.8 Å². The molecule has 0 radical (unpaired) electrons. The average molecular weight is 567 g/mol. The molecule has 1 atom stereocenters. The highest BCUT2D eigenvalue weighted by Crippen LogP contribution is 2.37. The Labute approximate surface area is 218 Å². The summed E-state index contributed by atoms with van der Waals surface area (Å²) in [6, 6.07) is 13.2. The lowest BCUT2D eigenvalue weighted by molar-refractivity contribution is -0.139. The minimum atomic E-state index is -0.758. The Morgan fingerprint density at radius 2 is 2.08 bits per heavy atom. The fraction of sp³-hybridized carbons (Fsp3) is 0.160. The summed E-state index contributed by atoms with van der Waals surface area (Å²) >= 11 is 4.85. The number of amidine groups is 1. The molecule has 8 nitrogen and oxygen atoms in total.